The third-order valence-electron chi connectivity index (χ3n) is 3.20. The number of hydrogen-bond acceptors (Lipinski definition) is 5. The van der Waals surface area contributed by atoms with Crippen molar-refractivity contribution >= 4 is 40.0 Å². The Balaban J connectivity index is 2.16. The summed E-state index contributed by atoms with van der Waals surface area (Å²) in [6.45, 7) is 1.99. The SMILES string of the molecule is Cc1cccc(Cl)c1Nc1nc(NN)nc2ccccc12. The van der Waals surface area contributed by atoms with E-state index < -0.39 is 0 Å². The fourth-order valence-electron chi connectivity index (χ4n) is 2.15. The second kappa shape index (κ2) is 5.55. The van der Waals surface area contributed by atoms with E-state index in [1.54, 1.807) is 0 Å². The number of aryl methyl sites for hydroxylation is 1. The first-order valence-electron chi connectivity index (χ1n) is 6.44. The van der Waals surface area contributed by atoms with E-state index in [2.05, 4.69) is 20.7 Å². The Hall–Kier alpha value is -2.37. The molecule has 0 unspecified atom stereocenters. The van der Waals surface area contributed by atoms with Crippen LogP contribution >= 0.6 is 11.6 Å². The predicted molar refractivity (Wildman–Crippen MR) is 86.8 cm³/mol. The van der Waals surface area contributed by atoms with Gasteiger partial charge in [-0.15, -0.1) is 0 Å². The minimum absolute atomic E-state index is 0.348. The zero-order valence-corrected chi connectivity index (χ0v) is 12.1. The number of fused-ring (bicyclic) bond motifs is 1. The lowest BCUT2D eigenvalue weighted by Gasteiger charge is -2.13. The number of benzene rings is 2. The molecule has 0 saturated carbocycles. The third kappa shape index (κ3) is 2.61. The lowest BCUT2D eigenvalue weighted by Crippen LogP contribution is -2.11. The highest BCUT2D eigenvalue weighted by atomic mass is 35.5. The van der Waals surface area contributed by atoms with Crippen LogP contribution in [0.5, 0.6) is 0 Å². The van der Waals surface area contributed by atoms with Crippen LogP contribution in [0.1, 0.15) is 5.56 Å². The molecule has 0 spiro atoms. The van der Waals surface area contributed by atoms with Crippen LogP contribution in [0, 0.1) is 6.92 Å². The number of hydrogen-bond donors (Lipinski definition) is 3. The van der Waals surface area contributed by atoms with Crippen LogP contribution in [0.25, 0.3) is 10.9 Å². The maximum absolute atomic E-state index is 6.26. The minimum Gasteiger partial charge on any atom is -0.338 e. The van der Waals surface area contributed by atoms with Gasteiger partial charge in [-0.2, -0.15) is 4.98 Å². The molecule has 0 aliphatic carbocycles. The third-order valence-corrected chi connectivity index (χ3v) is 3.51. The van der Waals surface area contributed by atoms with E-state index in [0.717, 1.165) is 22.2 Å². The summed E-state index contributed by atoms with van der Waals surface area (Å²) in [7, 11) is 0. The van der Waals surface area contributed by atoms with Crippen LogP contribution in [0.15, 0.2) is 42.5 Å². The van der Waals surface area contributed by atoms with Crippen LogP contribution in [-0.4, -0.2) is 9.97 Å². The molecule has 0 fully saturated rings. The van der Waals surface area contributed by atoms with Gasteiger partial charge in [-0.1, -0.05) is 35.9 Å². The summed E-state index contributed by atoms with van der Waals surface area (Å²) in [5.74, 6) is 6.44. The zero-order valence-electron chi connectivity index (χ0n) is 11.4. The number of nitrogen functional groups attached to an aromatic ring is 1. The van der Waals surface area contributed by atoms with Crippen LogP contribution in [-0.2, 0) is 0 Å². The van der Waals surface area contributed by atoms with Gasteiger partial charge in [0.1, 0.15) is 5.82 Å². The molecular formula is C15H14ClN5. The predicted octanol–water partition coefficient (Wildman–Crippen LogP) is 3.62. The van der Waals surface area contributed by atoms with Crippen molar-refractivity contribution in [2.45, 2.75) is 6.92 Å². The van der Waals surface area contributed by atoms with E-state index >= 15 is 0 Å². The van der Waals surface area contributed by atoms with Crippen molar-refractivity contribution in [2.75, 3.05) is 10.7 Å². The Morgan fingerprint density at radius 1 is 1.05 bits per heavy atom. The van der Waals surface area contributed by atoms with Crippen molar-refractivity contribution < 1.29 is 0 Å². The van der Waals surface area contributed by atoms with Gasteiger partial charge in [0.15, 0.2) is 0 Å². The average molecular weight is 300 g/mol. The second-order valence-corrected chi connectivity index (χ2v) is 5.02. The normalized spacial score (nSPS) is 10.6. The summed E-state index contributed by atoms with van der Waals surface area (Å²) in [6.07, 6.45) is 0. The molecule has 1 aromatic heterocycles. The van der Waals surface area contributed by atoms with E-state index in [1.807, 2.05) is 49.4 Å². The quantitative estimate of drug-likeness (QED) is 0.509. The number of rotatable bonds is 3. The number of nitrogens with zero attached hydrogens (tertiary/aromatic N) is 2. The largest absolute Gasteiger partial charge is 0.338 e. The average Bonchev–Trinajstić information content (AvgIpc) is 2.50. The molecule has 2 aromatic carbocycles. The van der Waals surface area contributed by atoms with Crippen molar-refractivity contribution in [1.29, 1.82) is 0 Å². The summed E-state index contributed by atoms with van der Waals surface area (Å²) in [5, 5.41) is 4.82. The van der Waals surface area contributed by atoms with Gasteiger partial charge >= 0.3 is 0 Å². The fourth-order valence-corrected chi connectivity index (χ4v) is 2.41. The molecule has 6 heteroatoms. The van der Waals surface area contributed by atoms with Crippen LogP contribution < -0.4 is 16.6 Å². The summed E-state index contributed by atoms with van der Waals surface area (Å²) in [5.41, 5.74) is 5.14. The number of nitrogens with two attached hydrogens (primary N) is 1. The Labute approximate surface area is 127 Å². The van der Waals surface area contributed by atoms with Gasteiger partial charge in [-0.25, -0.2) is 10.8 Å². The number of nitrogens with one attached hydrogen (secondary N) is 2. The Morgan fingerprint density at radius 2 is 1.86 bits per heavy atom. The highest BCUT2D eigenvalue weighted by Gasteiger charge is 2.10. The molecule has 5 nitrogen and oxygen atoms in total. The van der Waals surface area contributed by atoms with E-state index in [-0.39, 0.29) is 0 Å². The van der Waals surface area contributed by atoms with Crippen LogP contribution in [0.2, 0.25) is 5.02 Å². The molecule has 21 heavy (non-hydrogen) atoms. The Morgan fingerprint density at radius 3 is 2.62 bits per heavy atom. The van der Waals surface area contributed by atoms with Crippen molar-refractivity contribution in [3.8, 4) is 0 Å². The Bertz CT molecular complexity index is 783. The maximum Gasteiger partial charge on any atom is 0.239 e. The van der Waals surface area contributed by atoms with E-state index in [9.17, 15) is 0 Å². The molecule has 3 rings (SSSR count). The Kier molecular flexibility index (Phi) is 3.60. The molecule has 1 heterocycles. The number of para-hydroxylation sites is 2. The topological polar surface area (TPSA) is 75.9 Å². The monoisotopic (exact) mass is 299 g/mol. The van der Waals surface area contributed by atoms with Crippen LogP contribution in [0.3, 0.4) is 0 Å². The van der Waals surface area contributed by atoms with Gasteiger partial charge in [0.05, 0.1) is 16.2 Å². The molecule has 0 aliphatic rings. The molecular weight excluding hydrogens is 286 g/mol. The second-order valence-electron chi connectivity index (χ2n) is 4.61. The fraction of sp³-hybridized carbons (Fsp3) is 0.0667. The number of hydrazine groups is 1. The van der Waals surface area contributed by atoms with Gasteiger partial charge < -0.3 is 5.32 Å². The van der Waals surface area contributed by atoms with Crippen molar-refractivity contribution in [2.24, 2.45) is 5.84 Å². The molecule has 4 N–H and O–H groups in total. The first kappa shape index (κ1) is 13.6. The number of halogens is 1. The molecule has 106 valence electrons. The highest BCUT2D eigenvalue weighted by molar-refractivity contribution is 6.33. The maximum atomic E-state index is 6.26. The molecule has 0 bridgehead atoms. The van der Waals surface area contributed by atoms with Gasteiger partial charge in [-0.3, -0.25) is 5.43 Å². The highest BCUT2D eigenvalue weighted by Crippen LogP contribution is 2.31. The first-order chi connectivity index (χ1) is 10.2. The van der Waals surface area contributed by atoms with Gasteiger partial charge in [-0.05, 0) is 30.7 Å². The van der Waals surface area contributed by atoms with Crippen LogP contribution in [0.4, 0.5) is 17.5 Å². The molecule has 3 aromatic rings. The van der Waals surface area contributed by atoms with Gasteiger partial charge in [0.2, 0.25) is 5.95 Å². The standard InChI is InChI=1S/C15H14ClN5/c1-9-5-4-7-11(16)13(9)19-14-10-6-2-3-8-12(10)18-15(20-14)21-17/h2-8H,17H2,1H3,(H2,18,19,20,21). The summed E-state index contributed by atoms with van der Waals surface area (Å²) in [4.78, 5) is 8.70. The number of aromatic nitrogens is 2. The summed E-state index contributed by atoms with van der Waals surface area (Å²) in [6, 6.07) is 13.4. The minimum atomic E-state index is 0.348. The molecule has 0 atom stereocenters. The van der Waals surface area contributed by atoms with Crippen molar-refractivity contribution in [3.63, 3.8) is 0 Å². The van der Waals surface area contributed by atoms with Gasteiger partial charge in [0, 0.05) is 5.39 Å². The molecule has 0 radical (unpaired) electrons. The van der Waals surface area contributed by atoms with E-state index in [0.29, 0.717) is 16.8 Å². The lowest BCUT2D eigenvalue weighted by atomic mass is 10.2. The molecule has 0 aliphatic heterocycles. The number of anilines is 3. The zero-order chi connectivity index (χ0) is 14.8. The van der Waals surface area contributed by atoms with Crippen molar-refractivity contribution in [3.05, 3.63) is 53.1 Å². The van der Waals surface area contributed by atoms with Gasteiger partial charge in [0.25, 0.3) is 0 Å². The van der Waals surface area contributed by atoms with E-state index in [4.69, 9.17) is 17.4 Å². The summed E-state index contributed by atoms with van der Waals surface area (Å²) < 4.78 is 0. The van der Waals surface area contributed by atoms with E-state index in [1.165, 1.54) is 0 Å². The van der Waals surface area contributed by atoms with Crippen molar-refractivity contribution in [1.82, 2.24) is 9.97 Å². The molecule has 0 amide bonds. The first-order valence-corrected chi connectivity index (χ1v) is 6.82. The smallest absolute Gasteiger partial charge is 0.239 e. The molecule has 0 saturated heterocycles. The lowest BCUT2D eigenvalue weighted by molar-refractivity contribution is 1.15. The summed E-state index contributed by atoms with van der Waals surface area (Å²) >= 11 is 6.26.